The summed E-state index contributed by atoms with van der Waals surface area (Å²) in [6.07, 6.45) is 1.90. The third kappa shape index (κ3) is 11.5. The van der Waals surface area contributed by atoms with Crippen molar-refractivity contribution in [2.24, 2.45) is 17.4 Å². The van der Waals surface area contributed by atoms with Gasteiger partial charge < -0.3 is 11.5 Å². The number of hydrogen-bond donors (Lipinski definition) is 2. The summed E-state index contributed by atoms with van der Waals surface area (Å²) in [5.41, 5.74) is 9.44. The van der Waals surface area contributed by atoms with Crippen LogP contribution in [-0.4, -0.2) is 11.8 Å². The molecule has 70 valence electrons. The van der Waals surface area contributed by atoms with Crippen LogP contribution in [0.5, 0.6) is 0 Å². The molecule has 0 bridgehead atoms. The fraction of sp³-hybridized carbons (Fsp3) is 0.500. The lowest BCUT2D eigenvalue weighted by Crippen LogP contribution is -2.19. The van der Waals surface area contributed by atoms with Crippen LogP contribution < -0.4 is 11.5 Å². The van der Waals surface area contributed by atoms with E-state index in [1.54, 1.807) is 0 Å². The molecule has 0 saturated heterocycles. The molecule has 4 N–H and O–H groups in total. The molecule has 0 radical (unpaired) electrons. The van der Waals surface area contributed by atoms with E-state index in [0.717, 1.165) is 12.5 Å². The van der Waals surface area contributed by atoms with Gasteiger partial charge in [-0.05, 0) is 12.5 Å². The number of rotatable bonds is 3. The van der Waals surface area contributed by atoms with E-state index in [1.165, 1.54) is 0 Å². The monoisotopic (exact) mass is 172 g/mol. The van der Waals surface area contributed by atoms with Crippen molar-refractivity contribution < 1.29 is 9.59 Å². The van der Waals surface area contributed by atoms with Crippen LogP contribution in [0.15, 0.2) is 12.7 Å². The lowest BCUT2D eigenvalue weighted by atomic mass is 10.1. The van der Waals surface area contributed by atoms with E-state index in [0.29, 0.717) is 0 Å². The van der Waals surface area contributed by atoms with E-state index in [1.807, 2.05) is 13.8 Å². The molecule has 0 aliphatic rings. The van der Waals surface area contributed by atoms with Crippen molar-refractivity contribution in [3.63, 3.8) is 0 Å². The van der Waals surface area contributed by atoms with Crippen LogP contribution in [-0.2, 0) is 9.59 Å². The summed E-state index contributed by atoms with van der Waals surface area (Å²) in [6, 6.07) is 0. The Morgan fingerprint density at radius 3 is 1.83 bits per heavy atom. The maximum Gasteiger partial charge on any atom is 0.240 e. The Morgan fingerprint density at radius 2 is 1.83 bits per heavy atom. The molecule has 1 unspecified atom stereocenters. The predicted molar refractivity (Wildman–Crippen MR) is 48.0 cm³/mol. The number of carbonyl (C=O) groups excluding carboxylic acids is 2. The topological polar surface area (TPSA) is 86.2 Å². The van der Waals surface area contributed by atoms with E-state index >= 15 is 0 Å². The number of primary amides is 2. The first kappa shape index (κ1) is 13.3. The first-order chi connectivity index (χ1) is 5.45. The molecule has 0 saturated carbocycles. The lowest BCUT2D eigenvalue weighted by Gasteiger charge is -1.98. The summed E-state index contributed by atoms with van der Waals surface area (Å²) in [7, 11) is 0. The number of amides is 2. The van der Waals surface area contributed by atoms with Crippen LogP contribution in [0.2, 0.25) is 0 Å². The molecule has 2 amide bonds. The van der Waals surface area contributed by atoms with Gasteiger partial charge in [-0.3, -0.25) is 9.59 Å². The highest BCUT2D eigenvalue weighted by Crippen LogP contribution is 1.96. The van der Waals surface area contributed by atoms with Crippen LogP contribution in [0.1, 0.15) is 20.3 Å². The zero-order chi connectivity index (χ0) is 10.1. The zero-order valence-electron chi connectivity index (χ0n) is 7.54. The molecule has 0 fully saturated rings. The number of hydrogen-bond acceptors (Lipinski definition) is 2. The van der Waals surface area contributed by atoms with Crippen molar-refractivity contribution in [2.75, 3.05) is 0 Å². The molecule has 0 spiro atoms. The van der Waals surface area contributed by atoms with Gasteiger partial charge in [-0.15, -0.1) is 0 Å². The Morgan fingerprint density at radius 1 is 1.50 bits per heavy atom. The third-order valence-electron chi connectivity index (χ3n) is 1.30. The minimum atomic E-state index is -0.481. The van der Waals surface area contributed by atoms with Gasteiger partial charge >= 0.3 is 0 Å². The summed E-state index contributed by atoms with van der Waals surface area (Å²) in [5, 5.41) is 0. The van der Waals surface area contributed by atoms with Crippen molar-refractivity contribution in [1.29, 1.82) is 0 Å². The fourth-order valence-electron chi connectivity index (χ4n) is 0.201. The summed E-state index contributed by atoms with van der Waals surface area (Å²) in [6.45, 7) is 6.85. The van der Waals surface area contributed by atoms with Gasteiger partial charge in [0, 0.05) is 5.92 Å². The van der Waals surface area contributed by atoms with Crippen molar-refractivity contribution >= 4 is 11.8 Å². The second-order valence-corrected chi connectivity index (χ2v) is 2.32. The molecule has 0 rings (SSSR count). The lowest BCUT2D eigenvalue weighted by molar-refractivity contribution is -0.121. The molecule has 1 atom stereocenters. The second-order valence-electron chi connectivity index (χ2n) is 2.32. The van der Waals surface area contributed by atoms with Crippen molar-refractivity contribution in [3.05, 3.63) is 12.7 Å². The van der Waals surface area contributed by atoms with Gasteiger partial charge in [0.15, 0.2) is 0 Å². The summed E-state index contributed by atoms with van der Waals surface area (Å²) in [5.74, 6) is -0.646. The van der Waals surface area contributed by atoms with Gasteiger partial charge in [0.2, 0.25) is 11.8 Å². The van der Waals surface area contributed by atoms with Crippen molar-refractivity contribution in [1.82, 2.24) is 0 Å². The van der Waals surface area contributed by atoms with Gasteiger partial charge in [-0.2, -0.15) is 0 Å². The first-order valence-electron chi connectivity index (χ1n) is 3.66. The number of nitrogens with two attached hydrogens (primary N) is 2. The molecule has 0 aliphatic carbocycles. The standard InChI is InChI=1S/C5H11NO.C3H5NO/c1-3-4(2)5(6)7;1-2-3(4)5/h4H,3H2,1-2H3,(H2,6,7);2H,1H2,(H2,4,5). The summed E-state index contributed by atoms with van der Waals surface area (Å²) in [4.78, 5) is 19.6. The fourth-order valence-corrected chi connectivity index (χ4v) is 0.201. The normalized spacial score (nSPS) is 10.5. The van der Waals surface area contributed by atoms with Gasteiger partial charge in [0.25, 0.3) is 0 Å². The van der Waals surface area contributed by atoms with Gasteiger partial charge in [-0.25, -0.2) is 0 Å². The maximum absolute atomic E-state index is 10.2. The number of carbonyl (C=O) groups is 2. The summed E-state index contributed by atoms with van der Waals surface area (Å²) < 4.78 is 0. The largest absolute Gasteiger partial charge is 0.369 e. The van der Waals surface area contributed by atoms with E-state index in [4.69, 9.17) is 5.73 Å². The first-order valence-corrected chi connectivity index (χ1v) is 3.66. The SMILES string of the molecule is C=CC(N)=O.CCC(C)C(N)=O. The van der Waals surface area contributed by atoms with E-state index in [9.17, 15) is 9.59 Å². The predicted octanol–water partition coefficient (Wildman–Crippen LogP) is 0.175. The minimum absolute atomic E-state index is 0.0417. The average molecular weight is 172 g/mol. The van der Waals surface area contributed by atoms with E-state index < -0.39 is 5.91 Å². The van der Waals surface area contributed by atoms with Crippen molar-refractivity contribution in [2.45, 2.75) is 20.3 Å². The van der Waals surface area contributed by atoms with Crippen LogP contribution in [0.25, 0.3) is 0 Å². The van der Waals surface area contributed by atoms with E-state index in [2.05, 4.69) is 12.3 Å². The highest BCUT2D eigenvalue weighted by Gasteiger charge is 2.02. The minimum Gasteiger partial charge on any atom is -0.369 e. The third-order valence-corrected chi connectivity index (χ3v) is 1.30. The van der Waals surface area contributed by atoms with Gasteiger partial charge in [-0.1, -0.05) is 20.4 Å². The Labute approximate surface area is 72.6 Å². The van der Waals surface area contributed by atoms with Crippen LogP contribution >= 0.6 is 0 Å². The molecule has 4 nitrogen and oxygen atoms in total. The smallest absolute Gasteiger partial charge is 0.240 e. The van der Waals surface area contributed by atoms with Gasteiger partial charge in [0.05, 0.1) is 0 Å². The van der Waals surface area contributed by atoms with Crippen LogP contribution in [0, 0.1) is 5.92 Å². The zero-order valence-corrected chi connectivity index (χ0v) is 7.54. The van der Waals surface area contributed by atoms with Crippen molar-refractivity contribution in [3.8, 4) is 0 Å². The molecule has 0 aliphatic heterocycles. The quantitative estimate of drug-likeness (QED) is 0.595. The van der Waals surface area contributed by atoms with Gasteiger partial charge in [0.1, 0.15) is 0 Å². The molecule has 0 heterocycles. The molecular weight excluding hydrogens is 156 g/mol. The maximum atomic E-state index is 10.2. The van der Waals surface area contributed by atoms with Crippen LogP contribution in [0.3, 0.4) is 0 Å². The van der Waals surface area contributed by atoms with E-state index in [-0.39, 0.29) is 11.8 Å². The molecule has 0 aromatic carbocycles. The Bertz CT molecular complexity index is 166. The Hall–Kier alpha value is -1.32. The Kier molecular flexibility index (Phi) is 8.62. The molecule has 12 heavy (non-hydrogen) atoms. The Balaban J connectivity index is 0. The highest BCUT2D eigenvalue weighted by molar-refractivity contribution is 5.84. The highest BCUT2D eigenvalue weighted by atomic mass is 16.1. The summed E-state index contributed by atoms with van der Waals surface area (Å²) >= 11 is 0. The van der Waals surface area contributed by atoms with Crippen LogP contribution in [0.4, 0.5) is 0 Å². The molecular formula is C8H16N2O2. The second kappa shape index (κ2) is 7.78. The molecule has 4 heteroatoms. The molecule has 0 aromatic rings. The molecule has 0 aromatic heterocycles. The average Bonchev–Trinajstić information content (AvgIpc) is 2.04.